The molecule has 19 heavy (non-hydrogen) atoms. The molecule has 0 radical (unpaired) electrons. The van der Waals surface area contributed by atoms with Crippen LogP contribution in [0.2, 0.25) is 0 Å². The number of amides is 1. The lowest BCUT2D eigenvalue weighted by Crippen LogP contribution is -2.41. The van der Waals surface area contributed by atoms with Gasteiger partial charge < -0.3 is 15.3 Å². The molecule has 0 spiro atoms. The Morgan fingerprint density at radius 3 is 2.37 bits per heavy atom. The van der Waals surface area contributed by atoms with Gasteiger partial charge in [0.2, 0.25) is 5.91 Å². The lowest BCUT2D eigenvalue weighted by atomic mass is 9.71. The lowest BCUT2D eigenvalue weighted by Gasteiger charge is -2.36. The Balaban J connectivity index is 2.44. The molecule has 0 atom stereocenters. The van der Waals surface area contributed by atoms with Gasteiger partial charge in [0, 0.05) is 19.5 Å². The van der Waals surface area contributed by atoms with Crippen molar-refractivity contribution < 1.29 is 14.7 Å². The molecule has 0 aromatic heterocycles. The second kappa shape index (κ2) is 7.48. The highest BCUT2D eigenvalue weighted by atomic mass is 16.4. The van der Waals surface area contributed by atoms with Gasteiger partial charge in [-0.2, -0.15) is 0 Å². The fourth-order valence-corrected chi connectivity index (χ4v) is 2.74. The van der Waals surface area contributed by atoms with Crippen LogP contribution in [0.15, 0.2) is 0 Å². The van der Waals surface area contributed by atoms with Crippen LogP contribution in [0.25, 0.3) is 0 Å². The predicted octanol–water partition coefficient (Wildman–Crippen LogP) is 1.48. The fraction of sp³-hybridized carbons (Fsp3) is 0.857. The topological polar surface area (TPSA) is 69.6 Å². The summed E-state index contributed by atoms with van der Waals surface area (Å²) in [5, 5.41) is 12.0. The summed E-state index contributed by atoms with van der Waals surface area (Å²) >= 11 is 0. The first-order valence-corrected chi connectivity index (χ1v) is 7.07. The molecular formula is C14H26N2O3. The van der Waals surface area contributed by atoms with E-state index in [4.69, 9.17) is 5.11 Å². The first kappa shape index (κ1) is 16.0. The van der Waals surface area contributed by atoms with Gasteiger partial charge >= 0.3 is 5.97 Å². The molecule has 1 saturated carbocycles. The van der Waals surface area contributed by atoms with Crippen LogP contribution in [0, 0.1) is 5.41 Å². The first-order chi connectivity index (χ1) is 8.93. The third kappa shape index (κ3) is 6.05. The maximum absolute atomic E-state index is 11.7. The van der Waals surface area contributed by atoms with Crippen LogP contribution in [-0.4, -0.2) is 49.1 Å². The zero-order valence-electron chi connectivity index (χ0n) is 12.1. The summed E-state index contributed by atoms with van der Waals surface area (Å²) in [5.74, 6) is -0.742. The van der Waals surface area contributed by atoms with E-state index in [2.05, 4.69) is 5.32 Å². The van der Waals surface area contributed by atoms with Gasteiger partial charge in [0.25, 0.3) is 0 Å². The molecule has 2 N–H and O–H groups in total. The van der Waals surface area contributed by atoms with Crippen molar-refractivity contribution in [1.82, 2.24) is 10.2 Å². The number of nitrogens with one attached hydrogen (secondary N) is 1. The third-order valence-corrected chi connectivity index (χ3v) is 3.89. The standard InChI is InChI=1S/C14H26N2O3/c1-16(2)9-6-12(17)15-11-14(10-13(18)19)7-4-3-5-8-14/h3-11H2,1-2H3,(H,15,17)(H,18,19). The van der Waals surface area contributed by atoms with E-state index in [-0.39, 0.29) is 17.7 Å². The van der Waals surface area contributed by atoms with Crippen LogP contribution in [0.4, 0.5) is 0 Å². The number of hydrogen-bond donors (Lipinski definition) is 2. The Kier molecular flexibility index (Phi) is 6.28. The highest BCUT2D eigenvalue weighted by Gasteiger charge is 2.34. The molecule has 0 aromatic carbocycles. The van der Waals surface area contributed by atoms with Crippen LogP contribution in [0.1, 0.15) is 44.9 Å². The lowest BCUT2D eigenvalue weighted by molar-refractivity contribution is -0.140. The van der Waals surface area contributed by atoms with E-state index in [0.717, 1.165) is 32.2 Å². The van der Waals surface area contributed by atoms with Crippen molar-refractivity contribution in [3.8, 4) is 0 Å². The van der Waals surface area contributed by atoms with Crippen LogP contribution < -0.4 is 5.32 Å². The fourth-order valence-electron chi connectivity index (χ4n) is 2.74. The Hall–Kier alpha value is -1.10. The number of aliphatic carboxylic acids is 1. The molecule has 1 aliphatic rings. The van der Waals surface area contributed by atoms with Gasteiger partial charge in [0.1, 0.15) is 0 Å². The third-order valence-electron chi connectivity index (χ3n) is 3.89. The van der Waals surface area contributed by atoms with E-state index in [0.29, 0.717) is 13.0 Å². The van der Waals surface area contributed by atoms with E-state index in [1.807, 2.05) is 19.0 Å². The first-order valence-electron chi connectivity index (χ1n) is 7.07. The molecule has 0 unspecified atom stereocenters. The zero-order valence-corrected chi connectivity index (χ0v) is 12.1. The van der Waals surface area contributed by atoms with Gasteiger partial charge in [-0.3, -0.25) is 9.59 Å². The molecule has 0 saturated heterocycles. The maximum atomic E-state index is 11.7. The number of rotatable bonds is 7. The van der Waals surface area contributed by atoms with Crippen LogP contribution in [0.3, 0.4) is 0 Å². The van der Waals surface area contributed by atoms with Crippen molar-refractivity contribution in [3.63, 3.8) is 0 Å². The predicted molar refractivity (Wildman–Crippen MR) is 74.0 cm³/mol. The smallest absolute Gasteiger partial charge is 0.303 e. The monoisotopic (exact) mass is 270 g/mol. The largest absolute Gasteiger partial charge is 0.481 e. The SMILES string of the molecule is CN(C)CCC(=O)NCC1(CC(=O)O)CCCCC1. The van der Waals surface area contributed by atoms with E-state index in [9.17, 15) is 9.59 Å². The summed E-state index contributed by atoms with van der Waals surface area (Å²) < 4.78 is 0. The summed E-state index contributed by atoms with van der Waals surface area (Å²) in [6, 6.07) is 0. The van der Waals surface area contributed by atoms with Crippen LogP contribution in [0.5, 0.6) is 0 Å². The molecule has 1 aliphatic carbocycles. The van der Waals surface area contributed by atoms with E-state index in [1.54, 1.807) is 0 Å². The summed E-state index contributed by atoms with van der Waals surface area (Å²) in [6.07, 6.45) is 5.77. The van der Waals surface area contributed by atoms with Crippen molar-refractivity contribution in [2.24, 2.45) is 5.41 Å². The minimum Gasteiger partial charge on any atom is -0.481 e. The molecule has 5 nitrogen and oxygen atoms in total. The number of carbonyl (C=O) groups excluding carboxylic acids is 1. The Bertz CT molecular complexity index is 310. The number of hydrogen-bond acceptors (Lipinski definition) is 3. The van der Waals surface area contributed by atoms with Gasteiger partial charge in [0.05, 0.1) is 6.42 Å². The second-order valence-corrected chi connectivity index (χ2v) is 5.96. The van der Waals surface area contributed by atoms with Crippen molar-refractivity contribution in [2.75, 3.05) is 27.2 Å². The molecule has 1 rings (SSSR count). The van der Waals surface area contributed by atoms with Gasteiger partial charge in [-0.15, -0.1) is 0 Å². The van der Waals surface area contributed by atoms with Crippen molar-refractivity contribution in [1.29, 1.82) is 0 Å². The number of carboxylic acid groups (broad SMARTS) is 1. The average Bonchev–Trinajstić information content (AvgIpc) is 2.34. The van der Waals surface area contributed by atoms with E-state index < -0.39 is 5.97 Å². The molecule has 5 heteroatoms. The molecule has 0 heterocycles. The van der Waals surface area contributed by atoms with Gasteiger partial charge in [-0.1, -0.05) is 19.3 Å². The summed E-state index contributed by atoms with van der Waals surface area (Å²) in [6.45, 7) is 1.23. The van der Waals surface area contributed by atoms with E-state index in [1.165, 1.54) is 6.42 Å². The number of nitrogens with zero attached hydrogens (tertiary/aromatic N) is 1. The summed E-state index contributed by atoms with van der Waals surface area (Å²) in [5.41, 5.74) is -0.224. The van der Waals surface area contributed by atoms with Crippen molar-refractivity contribution in [2.45, 2.75) is 44.9 Å². The Morgan fingerprint density at radius 2 is 1.84 bits per heavy atom. The van der Waals surface area contributed by atoms with Crippen molar-refractivity contribution >= 4 is 11.9 Å². The van der Waals surface area contributed by atoms with E-state index >= 15 is 0 Å². The summed E-state index contributed by atoms with van der Waals surface area (Å²) in [4.78, 5) is 24.7. The number of carboxylic acids is 1. The van der Waals surface area contributed by atoms with Gasteiger partial charge in [0.15, 0.2) is 0 Å². The second-order valence-electron chi connectivity index (χ2n) is 5.96. The molecular weight excluding hydrogens is 244 g/mol. The van der Waals surface area contributed by atoms with Gasteiger partial charge in [-0.25, -0.2) is 0 Å². The van der Waals surface area contributed by atoms with Gasteiger partial charge in [-0.05, 0) is 32.4 Å². The Morgan fingerprint density at radius 1 is 1.21 bits per heavy atom. The zero-order chi connectivity index (χ0) is 14.3. The van der Waals surface area contributed by atoms with Crippen LogP contribution in [-0.2, 0) is 9.59 Å². The summed E-state index contributed by atoms with van der Waals surface area (Å²) in [7, 11) is 3.86. The van der Waals surface area contributed by atoms with Crippen molar-refractivity contribution in [3.05, 3.63) is 0 Å². The Labute approximate surface area is 115 Å². The minimum absolute atomic E-state index is 0.0176. The quantitative estimate of drug-likeness (QED) is 0.735. The highest BCUT2D eigenvalue weighted by molar-refractivity contribution is 5.76. The normalized spacial score (nSPS) is 18.3. The maximum Gasteiger partial charge on any atom is 0.303 e. The molecule has 1 amide bonds. The molecule has 0 aliphatic heterocycles. The molecule has 1 fully saturated rings. The number of carbonyl (C=O) groups is 2. The molecule has 0 bridgehead atoms. The molecule has 0 aromatic rings. The highest BCUT2D eigenvalue weighted by Crippen LogP contribution is 2.38. The average molecular weight is 270 g/mol. The van der Waals surface area contributed by atoms with Crippen LogP contribution >= 0.6 is 0 Å². The molecule has 110 valence electrons. The minimum atomic E-state index is -0.760.